The van der Waals surface area contributed by atoms with Crippen molar-refractivity contribution in [3.05, 3.63) is 42.1 Å². The predicted octanol–water partition coefficient (Wildman–Crippen LogP) is 3.95. The molecule has 0 saturated heterocycles. The molecule has 1 aromatic carbocycles. The van der Waals surface area contributed by atoms with E-state index < -0.39 is 0 Å². The summed E-state index contributed by atoms with van der Waals surface area (Å²) in [5.41, 5.74) is 2.32. The van der Waals surface area contributed by atoms with Crippen LogP contribution in [0.2, 0.25) is 0 Å². The fourth-order valence-corrected chi connectivity index (χ4v) is 2.69. The van der Waals surface area contributed by atoms with Crippen LogP contribution in [-0.2, 0) is 4.74 Å². The minimum Gasteiger partial charge on any atom is -0.384 e. The van der Waals surface area contributed by atoms with E-state index in [1.807, 2.05) is 12.3 Å². The molecule has 2 atom stereocenters. The molecule has 1 aromatic heterocycles. The van der Waals surface area contributed by atoms with E-state index in [2.05, 4.69) is 48.4 Å². The lowest BCUT2D eigenvalue weighted by atomic mass is 9.96. The number of benzene rings is 1. The van der Waals surface area contributed by atoms with Crippen molar-refractivity contribution < 1.29 is 4.74 Å². The average Bonchev–Trinajstić information content (AvgIpc) is 2.51. The zero-order valence-corrected chi connectivity index (χ0v) is 13.3. The number of aromatic nitrogens is 1. The van der Waals surface area contributed by atoms with Crippen LogP contribution in [0.4, 0.5) is 0 Å². The van der Waals surface area contributed by atoms with Gasteiger partial charge in [-0.25, -0.2) is 0 Å². The van der Waals surface area contributed by atoms with Crippen LogP contribution in [0.3, 0.4) is 0 Å². The lowest BCUT2D eigenvalue weighted by molar-refractivity contribution is 0.149. The Kier molecular flexibility index (Phi) is 6.15. The summed E-state index contributed by atoms with van der Waals surface area (Å²) in [6.45, 7) is 6.25. The molecule has 0 amide bonds. The van der Waals surface area contributed by atoms with Crippen LogP contribution in [0.15, 0.2) is 36.5 Å². The third-order valence-corrected chi connectivity index (χ3v) is 3.74. The Hall–Kier alpha value is -1.45. The molecule has 0 aliphatic carbocycles. The third-order valence-electron chi connectivity index (χ3n) is 3.74. The zero-order valence-electron chi connectivity index (χ0n) is 13.3. The Bertz CT molecular complexity index is 556. The summed E-state index contributed by atoms with van der Waals surface area (Å²) in [6, 6.07) is 10.9. The van der Waals surface area contributed by atoms with Crippen LogP contribution in [0, 0.1) is 5.92 Å². The molecule has 2 aromatic rings. The van der Waals surface area contributed by atoms with Crippen LogP contribution >= 0.6 is 0 Å². The molecule has 0 aliphatic heterocycles. The molecule has 0 fully saturated rings. The van der Waals surface area contributed by atoms with Crippen LogP contribution in [0.1, 0.15) is 38.3 Å². The van der Waals surface area contributed by atoms with Gasteiger partial charge in [0.05, 0.1) is 5.52 Å². The minimum atomic E-state index is 0.340. The van der Waals surface area contributed by atoms with Crippen molar-refractivity contribution >= 4 is 10.9 Å². The van der Waals surface area contributed by atoms with Crippen molar-refractivity contribution in [3.63, 3.8) is 0 Å². The predicted molar refractivity (Wildman–Crippen MR) is 88.4 cm³/mol. The topological polar surface area (TPSA) is 34.1 Å². The zero-order chi connectivity index (χ0) is 15.1. The first-order valence-corrected chi connectivity index (χ1v) is 7.81. The fourth-order valence-electron chi connectivity index (χ4n) is 2.69. The normalized spacial score (nSPS) is 14.2. The molecule has 1 heterocycles. The van der Waals surface area contributed by atoms with E-state index in [1.165, 1.54) is 10.9 Å². The molecule has 0 saturated carbocycles. The van der Waals surface area contributed by atoms with Crippen molar-refractivity contribution in [3.8, 4) is 0 Å². The highest BCUT2D eigenvalue weighted by atomic mass is 16.5. The number of para-hydroxylation sites is 1. The fraction of sp³-hybridized carbons (Fsp3) is 0.500. The van der Waals surface area contributed by atoms with E-state index in [1.54, 1.807) is 7.11 Å². The van der Waals surface area contributed by atoms with Gasteiger partial charge in [0.2, 0.25) is 0 Å². The number of methoxy groups -OCH3 is 1. The van der Waals surface area contributed by atoms with Crippen LogP contribution in [0.25, 0.3) is 10.9 Å². The van der Waals surface area contributed by atoms with Gasteiger partial charge in [-0.2, -0.15) is 0 Å². The Morgan fingerprint density at radius 1 is 1.29 bits per heavy atom. The van der Waals surface area contributed by atoms with E-state index in [4.69, 9.17) is 4.74 Å². The van der Waals surface area contributed by atoms with Crippen molar-refractivity contribution in [2.75, 3.05) is 20.3 Å². The number of hydrogen-bond acceptors (Lipinski definition) is 3. The summed E-state index contributed by atoms with van der Waals surface area (Å²) in [4.78, 5) is 4.59. The van der Waals surface area contributed by atoms with Crippen LogP contribution in [0.5, 0.6) is 0 Å². The Labute approximate surface area is 127 Å². The van der Waals surface area contributed by atoms with Gasteiger partial charge in [-0.3, -0.25) is 4.98 Å². The van der Waals surface area contributed by atoms with Crippen molar-refractivity contribution in [1.82, 2.24) is 10.3 Å². The number of fused-ring (bicyclic) bond motifs is 1. The van der Waals surface area contributed by atoms with Crippen LogP contribution < -0.4 is 5.32 Å². The molecule has 1 N–H and O–H groups in total. The number of ether oxygens (including phenoxy) is 1. The second-order valence-electron chi connectivity index (χ2n) is 5.76. The lowest BCUT2D eigenvalue weighted by Gasteiger charge is -2.22. The third kappa shape index (κ3) is 4.51. The van der Waals surface area contributed by atoms with E-state index in [9.17, 15) is 0 Å². The van der Waals surface area contributed by atoms with Gasteiger partial charge in [-0.05, 0) is 43.0 Å². The molecule has 2 rings (SSSR count). The molecule has 114 valence electrons. The molecular weight excluding hydrogens is 260 g/mol. The maximum atomic E-state index is 5.27. The standard InChI is InChI=1S/C18H26N2O/c1-4-9-19-18(10-14(2)13-21-3)16-11-15-7-5-6-8-17(15)20-12-16/h5-8,11-12,14,18-19H,4,9-10,13H2,1-3H3. The van der Waals surface area contributed by atoms with Crippen LogP contribution in [-0.4, -0.2) is 25.2 Å². The van der Waals surface area contributed by atoms with Gasteiger partial charge in [0.1, 0.15) is 0 Å². The SMILES string of the molecule is CCCNC(CC(C)COC)c1cnc2ccccc2c1. The minimum absolute atomic E-state index is 0.340. The number of nitrogens with one attached hydrogen (secondary N) is 1. The Morgan fingerprint density at radius 2 is 2.10 bits per heavy atom. The molecule has 3 heteroatoms. The highest BCUT2D eigenvalue weighted by Crippen LogP contribution is 2.24. The Balaban J connectivity index is 2.20. The van der Waals surface area contributed by atoms with Gasteiger partial charge in [0, 0.05) is 31.3 Å². The quantitative estimate of drug-likeness (QED) is 0.798. The average molecular weight is 286 g/mol. The van der Waals surface area contributed by atoms with Gasteiger partial charge >= 0.3 is 0 Å². The van der Waals surface area contributed by atoms with Gasteiger partial charge < -0.3 is 10.1 Å². The molecule has 3 nitrogen and oxygen atoms in total. The van der Waals surface area contributed by atoms with Crippen molar-refractivity contribution in [1.29, 1.82) is 0 Å². The highest BCUT2D eigenvalue weighted by Gasteiger charge is 2.15. The first kappa shape index (κ1) is 15.9. The molecule has 2 unspecified atom stereocenters. The highest BCUT2D eigenvalue weighted by molar-refractivity contribution is 5.78. The number of rotatable bonds is 8. The molecule has 0 radical (unpaired) electrons. The molecule has 0 bridgehead atoms. The van der Waals surface area contributed by atoms with E-state index in [0.717, 1.165) is 31.5 Å². The first-order chi connectivity index (χ1) is 10.2. The number of hydrogen-bond donors (Lipinski definition) is 1. The summed E-state index contributed by atoms with van der Waals surface area (Å²) < 4.78 is 5.27. The van der Waals surface area contributed by atoms with E-state index in [0.29, 0.717) is 12.0 Å². The van der Waals surface area contributed by atoms with E-state index >= 15 is 0 Å². The van der Waals surface area contributed by atoms with Crippen molar-refractivity contribution in [2.45, 2.75) is 32.7 Å². The van der Waals surface area contributed by atoms with E-state index in [-0.39, 0.29) is 0 Å². The number of pyridine rings is 1. The summed E-state index contributed by atoms with van der Waals surface area (Å²) in [7, 11) is 1.77. The summed E-state index contributed by atoms with van der Waals surface area (Å²) in [5, 5.41) is 4.85. The maximum absolute atomic E-state index is 5.27. The van der Waals surface area contributed by atoms with Gasteiger partial charge in [-0.15, -0.1) is 0 Å². The van der Waals surface area contributed by atoms with Crippen molar-refractivity contribution in [2.24, 2.45) is 5.92 Å². The second-order valence-corrected chi connectivity index (χ2v) is 5.76. The largest absolute Gasteiger partial charge is 0.384 e. The lowest BCUT2D eigenvalue weighted by Crippen LogP contribution is -2.25. The molecular formula is C18H26N2O. The molecule has 0 aliphatic rings. The second kappa shape index (κ2) is 8.11. The molecule has 21 heavy (non-hydrogen) atoms. The first-order valence-electron chi connectivity index (χ1n) is 7.81. The van der Waals surface area contributed by atoms with Gasteiger partial charge in [0.15, 0.2) is 0 Å². The smallest absolute Gasteiger partial charge is 0.0702 e. The maximum Gasteiger partial charge on any atom is 0.0702 e. The Morgan fingerprint density at radius 3 is 2.86 bits per heavy atom. The summed E-state index contributed by atoms with van der Waals surface area (Å²) >= 11 is 0. The van der Waals surface area contributed by atoms with Gasteiger partial charge in [0.25, 0.3) is 0 Å². The number of nitrogens with zero attached hydrogens (tertiary/aromatic N) is 1. The van der Waals surface area contributed by atoms with Gasteiger partial charge in [-0.1, -0.05) is 32.0 Å². The summed E-state index contributed by atoms with van der Waals surface area (Å²) in [6.07, 6.45) is 4.21. The monoisotopic (exact) mass is 286 g/mol. The molecule has 0 spiro atoms. The summed E-state index contributed by atoms with van der Waals surface area (Å²) in [5.74, 6) is 0.524.